The fourth-order valence-corrected chi connectivity index (χ4v) is 1.84. The number of aliphatic hydroxyl groups is 1. The van der Waals surface area contributed by atoms with Crippen LogP contribution >= 0.6 is 12.4 Å². The van der Waals surface area contributed by atoms with Crippen molar-refractivity contribution in [2.24, 2.45) is 0 Å². The molecule has 0 saturated heterocycles. The highest BCUT2D eigenvalue weighted by atomic mass is 35.5. The van der Waals surface area contributed by atoms with Gasteiger partial charge in [-0.05, 0) is 31.5 Å². The second kappa shape index (κ2) is 6.98. The summed E-state index contributed by atoms with van der Waals surface area (Å²) >= 11 is 0. The maximum absolute atomic E-state index is 10.6. The normalized spacial score (nSPS) is 15.7. The first-order chi connectivity index (χ1) is 7.87. The average molecular weight is 274 g/mol. The fraction of sp³-hybridized carbons (Fsp3) is 0.571. The molecule has 2 unspecified atom stereocenters. The Labute approximate surface area is 116 Å². The predicted molar refractivity (Wildman–Crippen MR) is 77.5 cm³/mol. The lowest BCUT2D eigenvalue weighted by atomic mass is 9.89. The van der Waals surface area contributed by atoms with Crippen LogP contribution in [0.2, 0.25) is 0 Å². The Balaban J connectivity index is 0.00000289. The first-order valence-electron chi connectivity index (χ1n) is 6.01. The topological polar surface area (TPSA) is 41.5 Å². The van der Waals surface area contributed by atoms with Crippen molar-refractivity contribution >= 4 is 12.4 Å². The Morgan fingerprint density at radius 2 is 1.67 bits per heavy atom. The van der Waals surface area contributed by atoms with Gasteiger partial charge in [-0.25, -0.2) is 0 Å². The summed E-state index contributed by atoms with van der Waals surface area (Å²) in [5.41, 5.74) is -0.00440. The van der Waals surface area contributed by atoms with E-state index in [1.54, 1.807) is 7.11 Å². The molecule has 2 atom stereocenters. The Morgan fingerprint density at radius 3 is 2.06 bits per heavy atom. The molecule has 1 aromatic carbocycles. The molecule has 0 amide bonds. The van der Waals surface area contributed by atoms with Crippen LogP contribution < -0.4 is 10.1 Å². The molecule has 104 valence electrons. The first kappa shape index (κ1) is 17.2. The second-order valence-corrected chi connectivity index (χ2v) is 4.92. The predicted octanol–water partition coefficient (Wildman–Crippen LogP) is 2.71. The van der Waals surface area contributed by atoms with Gasteiger partial charge >= 0.3 is 0 Å². The van der Waals surface area contributed by atoms with E-state index in [2.05, 4.69) is 19.2 Å². The molecule has 4 heteroatoms. The molecule has 0 aliphatic heterocycles. The zero-order valence-corrected chi connectivity index (χ0v) is 12.5. The second-order valence-electron chi connectivity index (χ2n) is 4.92. The maximum atomic E-state index is 10.6. The lowest BCUT2D eigenvalue weighted by Gasteiger charge is -2.33. The van der Waals surface area contributed by atoms with Crippen LogP contribution in [-0.4, -0.2) is 24.3 Å². The Morgan fingerprint density at radius 1 is 1.17 bits per heavy atom. The van der Waals surface area contributed by atoms with Crippen LogP contribution in [0, 0.1) is 0 Å². The molecule has 0 saturated carbocycles. The van der Waals surface area contributed by atoms with Gasteiger partial charge in [0.1, 0.15) is 11.4 Å². The summed E-state index contributed by atoms with van der Waals surface area (Å²) in [5, 5.41) is 13.9. The molecule has 0 aliphatic carbocycles. The van der Waals surface area contributed by atoms with Gasteiger partial charge in [-0.15, -0.1) is 12.4 Å². The third kappa shape index (κ3) is 4.16. The van der Waals surface area contributed by atoms with Crippen molar-refractivity contribution in [2.45, 2.75) is 45.4 Å². The number of nitrogens with one attached hydrogen (secondary N) is 1. The molecule has 0 spiro atoms. The van der Waals surface area contributed by atoms with E-state index in [0.717, 1.165) is 11.3 Å². The summed E-state index contributed by atoms with van der Waals surface area (Å²) in [6, 6.07) is 7.86. The SMILES string of the molecule is COc1ccc(C(C)(O)C(C)NC(C)C)cc1.Cl. The van der Waals surface area contributed by atoms with Crippen LogP contribution in [0.4, 0.5) is 0 Å². The summed E-state index contributed by atoms with van der Waals surface area (Å²) < 4.78 is 5.11. The van der Waals surface area contributed by atoms with Crippen LogP contribution in [-0.2, 0) is 5.60 Å². The number of benzene rings is 1. The van der Waals surface area contributed by atoms with Gasteiger partial charge < -0.3 is 15.2 Å². The van der Waals surface area contributed by atoms with E-state index in [1.807, 2.05) is 38.1 Å². The van der Waals surface area contributed by atoms with Crippen molar-refractivity contribution in [3.63, 3.8) is 0 Å². The Hall–Kier alpha value is -0.770. The smallest absolute Gasteiger partial charge is 0.118 e. The molecule has 0 radical (unpaired) electrons. The molecule has 0 fully saturated rings. The number of rotatable bonds is 5. The third-order valence-corrected chi connectivity index (χ3v) is 3.10. The molecule has 0 heterocycles. The number of hydrogen-bond acceptors (Lipinski definition) is 3. The van der Waals surface area contributed by atoms with Gasteiger partial charge in [-0.3, -0.25) is 0 Å². The average Bonchev–Trinajstić information content (AvgIpc) is 2.28. The van der Waals surface area contributed by atoms with Crippen molar-refractivity contribution in [3.8, 4) is 5.75 Å². The van der Waals surface area contributed by atoms with Gasteiger partial charge in [-0.1, -0.05) is 26.0 Å². The largest absolute Gasteiger partial charge is 0.497 e. The van der Waals surface area contributed by atoms with Crippen LogP contribution in [0.5, 0.6) is 5.75 Å². The number of halogens is 1. The van der Waals surface area contributed by atoms with E-state index in [1.165, 1.54) is 0 Å². The van der Waals surface area contributed by atoms with Crippen molar-refractivity contribution in [2.75, 3.05) is 7.11 Å². The summed E-state index contributed by atoms with van der Waals surface area (Å²) in [6.45, 7) is 7.96. The van der Waals surface area contributed by atoms with Gasteiger partial charge in [0.05, 0.1) is 7.11 Å². The van der Waals surface area contributed by atoms with Crippen LogP contribution in [0.15, 0.2) is 24.3 Å². The maximum Gasteiger partial charge on any atom is 0.118 e. The van der Waals surface area contributed by atoms with E-state index in [-0.39, 0.29) is 18.4 Å². The van der Waals surface area contributed by atoms with E-state index in [4.69, 9.17) is 4.74 Å². The molecule has 0 bridgehead atoms. The third-order valence-electron chi connectivity index (χ3n) is 3.10. The molecule has 0 aromatic heterocycles. The highest BCUT2D eigenvalue weighted by molar-refractivity contribution is 5.85. The van der Waals surface area contributed by atoms with E-state index < -0.39 is 5.60 Å². The van der Waals surface area contributed by atoms with Crippen LogP contribution in [0.3, 0.4) is 0 Å². The lowest BCUT2D eigenvalue weighted by Crippen LogP contribution is -2.47. The first-order valence-corrected chi connectivity index (χ1v) is 6.01. The number of methoxy groups -OCH3 is 1. The molecule has 3 nitrogen and oxygen atoms in total. The van der Waals surface area contributed by atoms with E-state index in [0.29, 0.717) is 6.04 Å². The van der Waals surface area contributed by atoms with Crippen LogP contribution in [0.25, 0.3) is 0 Å². The van der Waals surface area contributed by atoms with Crippen molar-refractivity contribution in [3.05, 3.63) is 29.8 Å². The van der Waals surface area contributed by atoms with Crippen molar-refractivity contribution in [1.82, 2.24) is 5.32 Å². The van der Waals surface area contributed by atoms with Gasteiger partial charge in [0.2, 0.25) is 0 Å². The Bertz CT molecular complexity index is 349. The minimum Gasteiger partial charge on any atom is -0.497 e. The summed E-state index contributed by atoms with van der Waals surface area (Å²) in [6.07, 6.45) is 0. The monoisotopic (exact) mass is 273 g/mol. The Kier molecular flexibility index (Phi) is 6.68. The molecular weight excluding hydrogens is 250 g/mol. The molecular formula is C14H24ClNO2. The minimum atomic E-state index is -0.892. The quantitative estimate of drug-likeness (QED) is 0.867. The fourth-order valence-electron chi connectivity index (χ4n) is 1.84. The van der Waals surface area contributed by atoms with Gasteiger partial charge in [-0.2, -0.15) is 0 Å². The summed E-state index contributed by atoms with van der Waals surface area (Å²) in [4.78, 5) is 0. The standard InChI is InChI=1S/C14H23NO2.ClH/c1-10(2)15-11(3)14(4,16)12-6-8-13(17-5)9-7-12;/h6-11,15-16H,1-5H3;1H. The molecule has 0 aliphatic rings. The van der Waals surface area contributed by atoms with Crippen LogP contribution in [0.1, 0.15) is 33.3 Å². The highest BCUT2D eigenvalue weighted by Crippen LogP contribution is 2.26. The number of ether oxygens (including phenoxy) is 1. The van der Waals surface area contributed by atoms with Gasteiger partial charge in [0.15, 0.2) is 0 Å². The van der Waals surface area contributed by atoms with E-state index >= 15 is 0 Å². The van der Waals surface area contributed by atoms with Crippen molar-refractivity contribution in [1.29, 1.82) is 0 Å². The minimum absolute atomic E-state index is 0. The summed E-state index contributed by atoms with van der Waals surface area (Å²) in [7, 11) is 1.64. The van der Waals surface area contributed by atoms with Gasteiger partial charge in [0, 0.05) is 12.1 Å². The molecule has 2 N–H and O–H groups in total. The van der Waals surface area contributed by atoms with Gasteiger partial charge in [0.25, 0.3) is 0 Å². The highest BCUT2D eigenvalue weighted by Gasteiger charge is 2.30. The number of hydrogen-bond donors (Lipinski definition) is 2. The zero-order chi connectivity index (χ0) is 13.1. The lowest BCUT2D eigenvalue weighted by molar-refractivity contribution is 0.0186. The molecule has 1 rings (SSSR count). The zero-order valence-electron chi connectivity index (χ0n) is 11.7. The molecule has 18 heavy (non-hydrogen) atoms. The van der Waals surface area contributed by atoms with Crippen molar-refractivity contribution < 1.29 is 9.84 Å². The summed E-state index contributed by atoms with van der Waals surface area (Å²) in [5.74, 6) is 0.800. The molecule has 1 aromatic rings. The van der Waals surface area contributed by atoms with E-state index in [9.17, 15) is 5.11 Å².